The number of aliphatic hydroxyl groups excluding tert-OH is 1. The summed E-state index contributed by atoms with van der Waals surface area (Å²) in [6.07, 6.45) is 10.7. The molecule has 6 aliphatic rings. The van der Waals surface area contributed by atoms with E-state index in [-0.39, 0.29) is 11.5 Å². The Labute approximate surface area is 208 Å². The van der Waals surface area contributed by atoms with Crippen molar-refractivity contribution in [3.05, 3.63) is 48.5 Å². The number of hydrogen-bond donors (Lipinski definition) is 1. The molecule has 0 spiro atoms. The monoisotopic (exact) mass is 474 g/mol. The number of aliphatic hydroxyl groups is 1. The fourth-order valence-corrected chi connectivity index (χ4v) is 9.71. The molecule has 2 heterocycles. The zero-order chi connectivity index (χ0) is 22.7. The zero-order valence-corrected chi connectivity index (χ0v) is 21.1. The molecule has 8 rings (SSSR count). The molecule has 1 saturated heterocycles. The summed E-state index contributed by atoms with van der Waals surface area (Å²) in [4.78, 5) is 7.91. The SMILES string of the molecule is O[C@H](CN1CCC(CN2c3ccccc3Sc3ccccc32)CC1)C12CC3CC(CC(C3)C1)C2. The highest BCUT2D eigenvalue weighted by Crippen LogP contribution is 2.61. The van der Waals surface area contributed by atoms with Crippen molar-refractivity contribution in [2.75, 3.05) is 31.1 Å². The predicted octanol–water partition coefficient (Wildman–Crippen LogP) is 6.58. The Morgan fingerprint density at radius 1 is 0.824 bits per heavy atom. The van der Waals surface area contributed by atoms with E-state index in [9.17, 15) is 5.11 Å². The van der Waals surface area contributed by atoms with Crippen molar-refractivity contribution in [3.8, 4) is 0 Å². The molecule has 34 heavy (non-hydrogen) atoms. The maximum absolute atomic E-state index is 11.5. The minimum absolute atomic E-state index is 0.115. The standard InChI is InChI=1S/C30H38N2OS/c33-29(30-16-22-13-23(17-30)15-24(14-22)18-30)20-31-11-9-21(10-12-31)19-32-25-5-1-3-7-27(25)34-28-8-4-2-6-26(28)32/h1-8,21-24,29,33H,9-20H2/t22?,23?,24?,29-,30?/m1/s1. The average molecular weight is 475 g/mol. The fraction of sp³-hybridized carbons (Fsp3) is 0.600. The van der Waals surface area contributed by atoms with Gasteiger partial charge in [-0.3, -0.25) is 0 Å². The van der Waals surface area contributed by atoms with Gasteiger partial charge in [0.1, 0.15) is 0 Å². The van der Waals surface area contributed by atoms with Crippen molar-refractivity contribution >= 4 is 23.1 Å². The molecule has 2 aliphatic heterocycles. The lowest BCUT2D eigenvalue weighted by Crippen LogP contribution is -2.55. The molecule has 2 aromatic rings. The van der Waals surface area contributed by atoms with Crippen LogP contribution in [0.1, 0.15) is 51.4 Å². The van der Waals surface area contributed by atoms with Gasteiger partial charge in [-0.05, 0) is 118 Å². The molecular weight excluding hydrogens is 436 g/mol. The van der Waals surface area contributed by atoms with Gasteiger partial charge in [0.25, 0.3) is 0 Å². The second-order valence-corrected chi connectivity index (χ2v) is 13.3. The highest BCUT2D eigenvalue weighted by molar-refractivity contribution is 7.99. The van der Waals surface area contributed by atoms with Crippen LogP contribution >= 0.6 is 11.8 Å². The van der Waals surface area contributed by atoms with Crippen LogP contribution in [0, 0.1) is 29.1 Å². The molecular formula is C30H38N2OS. The number of anilines is 2. The van der Waals surface area contributed by atoms with E-state index in [2.05, 4.69) is 58.3 Å². The Bertz CT molecular complexity index is 965. The molecule has 5 fully saturated rings. The van der Waals surface area contributed by atoms with Gasteiger partial charge in [-0.25, -0.2) is 0 Å². The van der Waals surface area contributed by atoms with Gasteiger partial charge in [-0.15, -0.1) is 0 Å². The molecule has 1 N–H and O–H groups in total. The van der Waals surface area contributed by atoms with Crippen LogP contribution in [0.25, 0.3) is 0 Å². The number of rotatable bonds is 5. The first-order chi connectivity index (χ1) is 16.6. The number of para-hydroxylation sites is 2. The number of hydrogen-bond acceptors (Lipinski definition) is 4. The summed E-state index contributed by atoms with van der Waals surface area (Å²) in [5.74, 6) is 3.46. The predicted molar refractivity (Wildman–Crippen MR) is 140 cm³/mol. The molecule has 180 valence electrons. The van der Waals surface area contributed by atoms with Crippen molar-refractivity contribution in [2.45, 2.75) is 67.3 Å². The normalized spacial score (nSPS) is 33.6. The largest absolute Gasteiger partial charge is 0.391 e. The highest BCUT2D eigenvalue weighted by atomic mass is 32.2. The molecule has 0 unspecified atom stereocenters. The summed E-state index contributed by atoms with van der Waals surface area (Å²) in [6, 6.07) is 17.8. The lowest BCUT2D eigenvalue weighted by molar-refractivity contribution is -0.127. The third-order valence-corrected chi connectivity index (χ3v) is 11.0. The Hall–Kier alpha value is -1.49. The molecule has 2 aromatic carbocycles. The van der Waals surface area contributed by atoms with Crippen LogP contribution in [0.15, 0.2) is 58.3 Å². The van der Waals surface area contributed by atoms with E-state index in [0.29, 0.717) is 5.92 Å². The molecule has 4 heteroatoms. The zero-order valence-electron chi connectivity index (χ0n) is 20.2. The van der Waals surface area contributed by atoms with Crippen molar-refractivity contribution in [1.29, 1.82) is 0 Å². The molecule has 1 atom stereocenters. The fourth-order valence-electron chi connectivity index (χ4n) is 8.61. The third-order valence-electron chi connectivity index (χ3n) is 9.90. The van der Waals surface area contributed by atoms with Crippen LogP contribution in [-0.4, -0.2) is 42.3 Å². The lowest BCUT2D eigenvalue weighted by Gasteiger charge is -2.59. The first-order valence-corrected chi connectivity index (χ1v) is 14.5. The van der Waals surface area contributed by atoms with Crippen molar-refractivity contribution in [1.82, 2.24) is 4.90 Å². The summed E-state index contributed by atoms with van der Waals surface area (Å²) in [5.41, 5.74) is 2.99. The van der Waals surface area contributed by atoms with Gasteiger partial charge in [0, 0.05) is 22.9 Å². The van der Waals surface area contributed by atoms with E-state index in [1.54, 1.807) is 0 Å². The van der Waals surface area contributed by atoms with Gasteiger partial charge in [-0.1, -0.05) is 36.0 Å². The number of nitrogens with zero attached hydrogens (tertiary/aromatic N) is 2. The molecule has 0 radical (unpaired) electrons. The molecule has 0 aromatic heterocycles. The smallest absolute Gasteiger partial charge is 0.0723 e. The van der Waals surface area contributed by atoms with Gasteiger partial charge in [0.2, 0.25) is 0 Å². The summed E-state index contributed by atoms with van der Waals surface area (Å²) in [7, 11) is 0. The lowest BCUT2D eigenvalue weighted by atomic mass is 9.48. The Morgan fingerprint density at radius 2 is 1.35 bits per heavy atom. The second kappa shape index (κ2) is 8.57. The van der Waals surface area contributed by atoms with Crippen LogP contribution in [0.5, 0.6) is 0 Å². The summed E-state index contributed by atoms with van der Waals surface area (Å²) >= 11 is 1.90. The van der Waals surface area contributed by atoms with E-state index in [1.165, 1.54) is 72.5 Å². The topological polar surface area (TPSA) is 26.7 Å². The van der Waals surface area contributed by atoms with Gasteiger partial charge in [0.05, 0.1) is 17.5 Å². The Morgan fingerprint density at radius 3 is 1.91 bits per heavy atom. The summed E-state index contributed by atoms with van der Waals surface area (Å²) in [5, 5.41) is 11.5. The van der Waals surface area contributed by atoms with E-state index in [1.807, 2.05) is 11.8 Å². The van der Waals surface area contributed by atoms with Gasteiger partial charge in [0.15, 0.2) is 0 Å². The maximum Gasteiger partial charge on any atom is 0.0723 e. The molecule has 4 saturated carbocycles. The van der Waals surface area contributed by atoms with Crippen molar-refractivity contribution < 1.29 is 5.11 Å². The van der Waals surface area contributed by atoms with Gasteiger partial charge >= 0.3 is 0 Å². The van der Waals surface area contributed by atoms with E-state index in [0.717, 1.165) is 43.9 Å². The van der Waals surface area contributed by atoms with Crippen molar-refractivity contribution in [3.63, 3.8) is 0 Å². The minimum Gasteiger partial charge on any atom is -0.391 e. The first kappa shape index (κ1) is 21.8. The number of piperidine rings is 1. The number of fused-ring (bicyclic) bond motifs is 2. The molecule has 4 bridgehead atoms. The van der Waals surface area contributed by atoms with E-state index in [4.69, 9.17) is 0 Å². The van der Waals surface area contributed by atoms with Crippen LogP contribution in [0.2, 0.25) is 0 Å². The Balaban J connectivity index is 0.999. The first-order valence-electron chi connectivity index (χ1n) is 13.7. The van der Waals surface area contributed by atoms with Crippen LogP contribution in [0.3, 0.4) is 0 Å². The number of benzene rings is 2. The average Bonchev–Trinajstić information content (AvgIpc) is 2.84. The molecule has 0 amide bonds. The number of likely N-dealkylation sites (tertiary alicyclic amines) is 1. The summed E-state index contributed by atoms with van der Waals surface area (Å²) in [6.45, 7) is 4.28. The summed E-state index contributed by atoms with van der Waals surface area (Å²) < 4.78 is 0. The maximum atomic E-state index is 11.5. The van der Waals surface area contributed by atoms with Gasteiger partial charge < -0.3 is 14.9 Å². The number of β-amino-alcohol motifs (C(OH)–C–C–N with tert-alkyl or cyclic N) is 1. The van der Waals surface area contributed by atoms with Crippen LogP contribution in [0.4, 0.5) is 11.4 Å². The second-order valence-electron chi connectivity index (χ2n) is 12.2. The quantitative estimate of drug-likeness (QED) is 0.530. The van der Waals surface area contributed by atoms with Crippen molar-refractivity contribution in [2.24, 2.45) is 29.1 Å². The highest BCUT2D eigenvalue weighted by Gasteiger charge is 2.54. The van der Waals surface area contributed by atoms with Crippen LogP contribution < -0.4 is 4.90 Å². The van der Waals surface area contributed by atoms with Crippen LogP contribution in [-0.2, 0) is 0 Å². The van der Waals surface area contributed by atoms with E-state index < -0.39 is 0 Å². The van der Waals surface area contributed by atoms with Gasteiger partial charge in [-0.2, -0.15) is 0 Å². The minimum atomic E-state index is -0.115. The third kappa shape index (κ3) is 3.81. The molecule has 3 nitrogen and oxygen atoms in total. The Kier molecular flexibility index (Phi) is 5.48. The molecule has 4 aliphatic carbocycles. The van der Waals surface area contributed by atoms with E-state index >= 15 is 0 Å².